The maximum absolute atomic E-state index is 5.83. The quantitative estimate of drug-likeness (QED) is 0.859. The highest BCUT2D eigenvalue weighted by atomic mass is 15.3. The van der Waals surface area contributed by atoms with E-state index in [-0.39, 0.29) is 0 Å². The molecule has 0 aliphatic heterocycles. The molecule has 2 aromatic rings. The van der Waals surface area contributed by atoms with Crippen molar-refractivity contribution in [2.24, 2.45) is 0 Å². The summed E-state index contributed by atoms with van der Waals surface area (Å²) in [5.41, 5.74) is 7.84. The summed E-state index contributed by atoms with van der Waals surface area (Å²) >= 11 is 0. The fourth-order valence-corrected chi connectivity index (χ4v) is 3.06. The van der Waals surface area contributed by atoms with E-state index in [4.69, 9.17) is 5.73 Å². The van der Waals surface area contributed by atoms with Gasteiger partial charge < -0.3 is 10.3 Å². The van der Waals surface area contributed by atoms with Gasteiger partial charge in [0.15, 0.2) is 0 Å². The second-order valence-corrected chi connectivity index (χ2v) is 5.39. The van der Waals surface area contributed by atoms with Crippen LogP contribution >= 0.6 is 0 Å². The van der Waals surface area contributed by atoms with Gasteiger partial charge in [0.1, 0.15) is 11.6 Å². The number of hydrogen-bond donors (Lipinski definition) is 1. The number of aryl methyl sites for hydroxylation is 1. The predicted octanol–water partition coefficient (Wildman–Crippen LogP) is 2.87. The molecule has 2 N–H and O–H groups in total. The van der Waals surface area contributed by atoms with Crippen molar-refractivity contribution in [2.75, 3.05) is 5.73 Å². The highest BCUT2D eigenvalue weighted by molar-refractivity contribution is 5.41. The lowest BCUT2D eigenvalue weighted by atomic mass is 10.1. The first-order chi connectivity index (χ1) is 9.24. The van der Waals surface area contributed by atoms with Gasteiger partial charge in [0, 0.05) is 18.2 Å². The van der Waals surface area contributed by atoms with Crippen molar-refractivity contribution < 1.29 is 0 Å². The van der Waals surface area contributed by atoms with Crippen molar-refractivity contribution in [3.63, 3.8) is 0 Å². The number of rotatable bonds is 3. The van der Waals surface area contributed by atoms with Crippen LogP contribution in [0, 0.1) is 6.92 Å². The number of benzene rings is 1. The van der Waals surface area contributed by atoms with Crippen LogP contribution in [0.3, 0.4) is 0 Å². The first kappa shape index (κ1) is 12.2. The van der Waals surface area contributed by atoms with Gasteiger partial charge in [-0.3, -0.25) is 0 Å². The lowest BCUT2D eigenvalue weighted by molar-refractivity contribution is 0.490. The summed E-state index contributed by atoms with van der Waals surface area (Å²) in [4.78, 5) is 0. The van der Waals surface area contributed by atoms with Gasteiger partial charge in [-0.2, -0.15) is 0 Å². The van der Waals surface area contributed by atoms with E-state index in [2.05, 4.69) is 20.8 Å². The molecule has 1 aliphatic carbocycles. The monoisotopic (exact) mass is 256 g/mol. The van der Waals surface area contributed by atoms with Gasteiger partial charge in [0.2, 0.25) is 0 Å². The van der Waals surface area contributed by atoms with Crippen molar-refractivity contribution in [3.05, 3.63) is 41.5 Å². The molecule has 4 heteroatoms. The Labute approximate surface area is 113 Å². The molecule has 0 saturated heterocycles. The minimum absolute atomic E-state index is 0.589. The third-order valence-electron chi connectivity index (χ3n) is 3.94. The molecule has 0 spiro atoms. The number of aromatic nitrogens is 3. The van der Waals surface area contributed by atoms with Crippen LogP contribution in [-0.2, 0) is 6.42 Å². The zero-order chi connectivity index (χ0) is 13.2. The van der Waals surface area contributed by atoms with Gasteiger partial charge in [-0.1, -0.05) is 25.0 Å². The summed E-state index contributed by atoms with van der Waals surface area (Å²) in [5.74, 6) is 2.10. The molecule has 100 valence electrons. The Balaban J connectivity index is 1.88. The van der Waals surface area contributed by atoms with Gasteiger partial charge >= 0.3 is 0 Å². The Kier molecular flexibility index (Phi) is 3.23. The first-order valence-electron chi connectivity index (χ1n) is 6.99. The van der Waals surface area contributed by atoms with Gasteiger partial charge in [-0.05, 0) is 37.5 Å². The van der Waals surface area contributed by atoms with Crippen LogP contribution in [0.2, 0.25) is 0 Å². The molecule has 3 rings (SSSR count). The van der Waals surface area contributed by atoms with E-state index in [1.807, 2.05) is 25.1 Å². The van der Waals surface area contributed by atoms with Crippen molar-refractivity contribution in [1.29, 1.82) is 0 Å². The van der Waals surface area contributed by atoms with Gasteiger partial charge in [-0.25, -0.2) is 0 Å². The lowest BCUT2D eigenvalue weighted by Crippen LogP contribution is -2.11. The van der Waals surface area contributed by atoms with Gasteiger partial charge in [0.05, 0.1) is 0 Å². The molecule has 0 atom stereocenters. The van der Waals surface area contributed by atoms with Crippen molar-refractivity contribution in [2.45, 2.75) is 45.1 Å². The number of anilines is 1. The largest absolute Gasteiger partial charge is 0.399 e. The fourth-order valence-electron chi connectivity index (χ4n) is 3.06. The SMILES string of the molecule is Cc1nnc(Cc2cccc(N)c2)n1C1CCCC1. The van der Waals surface area contributed by atoms with Gasteiger partial charge in [-0.15, -0.1) is 10.2 Å². The average molecular weight is 256 g/mol. The second-order valence-electron chi connectivity index (χ2n) is 5.39. The van der Waals surface area contributed by atoms with Crippen LogP contribution in [0.1, 0.15) is 48.9 Å². The lowest BCUT2D eigenvalue weighted by Gasteiger charge is -2.15. The molecule has 0 unspecified atom stereocenters. The zero-order valence-corrected chi connectivity index (χ0v) is 11.3. The Bertz CT molecular complexity index is 567. The Hall–Kier alpha value is -1.84. The molecule has 0 bridgehead atoms. The standard InChI is InChI=1S/C15H20N4/c1-11-17-18-15(19(11)14-7-2-3-8-14)10-12-5-4-6-13(16)9-12/h4-6,9,14H,2-3,7-8,10,16H2,1H3. The highest BCUT2D eigenvalue weighted by Crippen LogP contribution is 2.31. The Morgan fingerprint density at radius 1 is 1.26 bits per heavy atom. The van der Waals surface area contributed by atoms with E-state index in [1.54, 1.807) is 0 Å². The molecular weight excluding hydrogens is 236 g/mol. The molecule has 1 saturated carbocycles. The normalized spacial score (nSPS) is 16.1. The summed E-state index contributed by atoms with van der Waals surface area (Å²) in [5, 5.41) is 8.62. The van der Waals surface area contributed by atoms with E-state index in [0.717, 1.165) is 23.8 Å². The topological polar surface area (TPSA) is 56.7 Å². The van der Waals surface area contributed by atoms with Crippen LogP contribution in [0.4, 0.5) is 5.69 Å². The van der Waals surface area contributed by atoms with Crippen LogP contribution < -0.4 is 5.73 Å². The molecule has 0 amide bonds. The molecule has 19 heavy (non-hydrogen) atoms. The summed E-state index contributed by atoms with van der Waals surface area (Å²) < 4.78 is 2.33. The summed E-state index contributed by atoms with van der Waals surface area (Å²) in [6, 6.07) is 8.61. The van der Waals surface area contributed by atoms with E-state index >= 15 is 0 Å². The summed E-state index contributed by atoms with van der Waals surface area (Å²) in [6.45, 7) is 2.05. The Morgan fingerprint density at radius 3 is 2.79 bits per heavy atom. The molecular formula is C15H20N4. The van der Waals surface area contributed by atoms with Crippen molar-refractivity contribution in [3.8, 4) is 0 Å². The maximum Gasteiger partial charge on any atom is 0.137 e. The average Bonchev–Trinajstić information content (AvgIpc) is 2.99. The van der Waals surface area contributed by atoms with Gasteiger partial charge in [0.25, 0.3) is 0 Å². The van der Waals surface area contributed by atoms with Crippen LogP contribution in [0.25, 0.3) is 0 Å². The Morgan fingerprint density at radius 2 is 2.05 bits per heavy atom. The number of nitrogens with two attached hydrogens (primary N) is 1. The first-order valence-corrected chi connectivity index (χ1v) is 6.99. The number of nitrogens with zero attached hydrogens (tertiary/aromatic N) is 3. The highest BCUT2D eigenvalue weighted by Gasteiger charge is 2.22. The van der Waals surface area contributed by atoms with Crippen LogP contribution in [0.5, 0.6) is 0 Å². The molecule has 1 heterocycles. The third-order valence-corrected chi connectivity index (χ3v) is 3.94. The molecule has 0 radical (unpaired) electrons. The number of hydrogen-bond acceptors (Lipinski definition) is 3. The van der Waals surface area contributed by atoms with E-state index in [0.29, 0.717) is 6.04 Å². The van der Waals surface area contributed by atoms with Crippen LogP contribution in [0.15, 0.2) is 24.3 Å². The van der Waals surface area contributed by atoms with Crippen molar-refractivity contribution >= 4 is 5.69 Å². The minimum atomic E-state index is 0.589. The number of nitrogen functional groups attached to an aromatic ring is 1. The summed E-state index contributed by atoms with van der Waals surface area (Å²) in [6.07, 6.45) is 5.95. The fraction of sp³-hybridized carbons (Fsp3) is 0.467. The predicted molar refractivity (Wildman–Crippen MR) is 75.9 cm³/mol. The third kappa shape index (κ3) is 2.48. The van der Waals surface area contributed by atoms with E-state index in [1.165, 1.54) is 31.2 Å². The molecule has 1 fully saturated rings. The van der Waals surface area contributed by atoms with Crippen molar-refractivity contribution in [1.82, 2.24) is 14.8 Å². The second kappa shape index (κ2) is 5.03. The van der Waals surface area contributed by atoms with Crippen LogP contribution in [-0.4, -0.2) is 14.8 Å². The molecule has 1 aromatic carbocycles. The zero-order valence-electron chi connectivity index (χ0n) is 11.3. The maximum atomic E-state index is 5.83. The van der Waals surface area contributed by atoms with E-state index < -0.39 is 0 Å². The summed E-state index contributed by atoms with van der Waals surface area (Å²) in [7, 11) is 0. The minimum Gasteiger partial charge on any atom is -0.399 e. The molecule has 1 aromatic heterocycles. The smallest absolute Gasteiger partial charge is 0.137 e. The van der Waals surface area contributed by atoms with E-state index in [9.17, 15) is 0 Å². The molecule has 4 nitrogen and oxygen atoms in total. The molecule has 1 aliphatic rings.